The third-order valence-electron chi connectivity index (χ3n) is 1.73. The molecule has 0 spiro atoms. The molecular weight excluding hydrogens is 204 g/mol. The van der Waals surface area contributed by atoms with Gasteiger partial charge in [0, 0.05) is 5.19 Å². The summed E-state index contributed by atoms with van der Waals surface area (Å²) in [6.07, 6.45) is 0. The molecule has 13 heavy (non-hydrogen) atoms. The van der Waals surface area contributed by atoms with E-state index in [-0.39, 0.29) is 0 Å². The molecule has 0 amide bonds. The Morgan fingerprint density at radius 1 is 1.31 bits per heavy atom. The lowest BCUT2D eigenvalue weighted by Gasteiger charge is -2.18. The molecule has 0 aliphatic heterocycles. The van der Waals surface area contributed by atoms with Gasteiger partial charge in [-0.1, -0.05) is 31.2 Å². The van der Waals surface area contributed by atoms with Gasteiger partial charge < -0.3 is 4.74 Å². The average Bonchev–Trinajstić information content (AvgIpc) is 2.03. The fourth-order valence-electron chi connectivity index (χ4n) is 1.04. The smallest absolute Gasteiger partial charge is 0.232 e. The van der Waals surface area contributed by atoms with E-state index in [0.717, 1.165) is 5.19 Å². The van der Waals surface area contributed by atoms with E-state index in [9.17, 15) is 0 Å². The van der Waals surface area contributed by atoms with E-state index in [1.54, 1.807) is 7.11 Å². The molecule has 0 aliphatic carbocycles. The van der Waals surface area contributed by atoms with Gasteiger partial charge >= 0.3 is 0 Å². The maximum Gasteiger partial charge on any atom is 0.232 e. The van der Waals surface area contributed by atoms with Crippen LogP contribution in [0.1, 0.15) is 0 Å². The summed E-state index contributed by atoms with van der Waals surface area (Å²) in [5.41, 5.74) is 0. The summed E-state index contributed by atoms with van der Waals surface area (Å²) in [5, 5.41) is 9.17. The van der Waals surface area contributed by atoms with Crippen molar-refractivity contribution in [1.29, 1.82) is 0 Å². The molecule has 1 rings (SSSR count). The van der Waals surface area contributed by atoms with Crippen LogP contribution in [0.15, 0.2) is 6.07 Å². The summed E-state index contributed by atoms with van der Waals surface area (Å²) in [6, 6.07) is 1.85. The Morgan fingerprint density at radius 3 is 2.38 bits per heavy atom. The number of methoxy groups -OCH3 is 1. The average molecular weight is 217 g/mol. The minimum absolute atomic E-state index is 0.429. The molecule has 0 bridgehead atoms. The molecule has 0 aliphatic rings. The first-order chi connectivity index (χ1) is 5.95. The van der Waals surface area contributed by atoms with Crippen molar-refractivity contribution in [2.75, 3.05) is 7.11 Å². The fraction of sp³-hybridized carbons (Fsp3) is 0.500. The molecule has 0 saturated carbocycles. The lowest BCUT2D eigenvalue weighted by atomic mass is 10.5. The molecule has 5 heteroatoms. The van der Waals surface area contributed by atoms with Gasteiger partial charge in [0.25, 0.3) is 0 Å². The second-order valence-electron chi connectivity index (χ2n) is 3.84. The van der Waals surface area contributed by atoms with Gasteiger partial charge in [-0.05, 0) is 6.07 Å². The van der Waals surface area contributed by atoms with Crippen molar-refractivity contribution in [2.45, 2.75) is 19.6 Å². The predicted molar refractivity (Wildman–Crippen MR) is 56.6 cm³/mol. The van der Waals surface area contributed by atoms with E-state index in [2.05, 4.69) is 29.8 Å². The van der Waals surface area contributed by atoms with Gasteiger partial charge in [-0.25, -0.2) is 0 Å². The summed E-state index contributed by atoms with van der Waals surface area (Å²) < 4.78 is 5.13. The topological polar surface area (TPSA) is 35.0 Å². The summed E-state index contributed by atoms with van der Waals surface area (Å²) in [5.74, 6) is 0.601. The summed E-state index contributed by atoms with van der Waals surface area (Å²) >= 11 is 5.77. The Bertz CT molecular complexity index is 312. The fourth-order valence-corrected chi connectivity index (χ4v) is 2.65. The molecule has 0 aromatic carbocycles. The number of aromatic nitrogens is 2. The van der Waals surface area contributed by atoms with Crippen molar-refractivity contribution in [1.82, 2.24) is 10.2 Å². The van der Waals surface area contributed by atoms with Gasteiger partial charge in [0.1, 0.15) is 0 Å². The van der Waals surface area contributed by atoms with Crippen molar-refractivity contribution >= 4 is 24.9 Å². The number of halogens is 1. The molecule has 0 saturated heterocycles. The Morgan fingerprint density at radius 2 is 1.92 bits per heavy atom. The zero-order valence-corrected chi connectivity index (χ0v) is 10.0. The van der Waals surface area contributed by atoms with Crippen molar-refractivity contribution in [3.8, 4) is 5.88 Å². The van der Waals surface area contributed by atoms with Crippen LogP contribution >= 0.6 is 11.6 Å². The lowest BCUT2D eigenvalue weighted by molar-refractivity contribution is 0.395. The van der Waals surface area contributed by atoms with Crippen LogP contribution in [0, 0.1) is 0 Å². The molecule has 0 unspecified atom stereocenters. The predicted octanol–water partition coefficient (Wildman–Crippen LogP) is 1.68. The summed E-state index contributed by atoms with van der Waals surface area (Å²) in [4.78, 5) is 0. The Kier molecular flexibility index (Phi) is 2.93. The first kappa shape index (κ1) is 10.5. The monoisotopic (exact) mass is 216 g/mol. The standard InChI is InChI=1S/C8H13ClN2OSi/c1-12-8-6(13(2,3)4)5-7(9)10-11-8/h5H,1-4H3. The van der Waals surface area contributed by atoms with Crippen LogP contribution in [-0.2, 0) is 0 Å². The van der Waals surface area contributed by atoms with E-state index in [4.69, 9.17) is 16.3 Å². The SMILES string of the molecule is COc1nnc(Cl)cc1[Si](C)(C)C. The van der Waals surface area contributed by atoms with Crippen LogP contribution in [0.2, 0.25) is 24.8 Å². The van der Waals surface area contributed by atoms with Gasteiger partial charge in [-0.3, -0.25) is 0 Å². The minimum Gasteiger partial charge on any atom is -0.480 e. The quantitative estimate of drug-likeness (QED) is 0.706. The number of ether oxygens (including phenoxy) is 1. The Labute approximate surface area is 84.1 Å². The molecule has 72 valence electrons. The molecule has 0 radical (unpaired) electrons. The molecule has 0 atom stereocenters. The van der Waals surface area contributed by atoms with Gasteiger partial charge in [-0.15, -0.1) is 10.2 Å². The zero-order valence-electron chi connectivity index (χ0n) is 8.26. The maximum atomic E-state index is 5.77. The van der Waals surface area contributed by atoms with Crippen molar-refractivity contribution in [3.63, 3.8) is 0 Å². The van der Waals surface area contributed by atoms with E-state index in [1.807, 2.05) is 6.07 Å². The van der Waals surface area contributed by atoms with Crippen molar-refractivity contribution in [2.24, 2.45) is 0 Å². The van der Waals surface area contributed by atoms with E-state index < -0.39 is 8.07 Å². The second-order valence-corrected chi connectivity index (χ2v) is 9.27. The molecule has 0 fully saturated rings. The van der Waals surface area contributed by atoms with Gasteiger partial charge in [0.2, 0.25) is 5.88 Å². The third kappa shape index (κ3) is 2.41. The van der Waals surface area contributed by atoms with Gasteiger partial charge in [-0.2, -0.15) is 0 Å². The number of hydrogen-bond donors (Lipinski definition) is 0. The number of rotatable bonds is 2. The number of hydrogen-bond acceptors (Lipinski definition) is 3. The molecule has 3 nitrogen and oxygen atoms in total. The molecule has 1 aromatic heterocycles. The van der Waals surface area contributed by atoms with Crippen LogP contribution in [0.4, 0.5) is 0 Å². The van der Waals surface area contributed by atoms with Crippen molar-refractivity contribution < 1.29 is 4.74 Å². The van der Waals surface area contributed by atoms with Gasteiger partial charge in [0.05, 0.1) is 15.2 Å². The minimum atomic E-state index is -1.44. The van der Waals surface area contributed by atoms with E-state index >= 15 is 0 Å². The highest BCUT2D eigenvalue weighted by Crippen LogP contribution is 2.13. The second kappa shape index (κ2) is 3.63. The van der Waals surface area contributed by atoms with Crippen LogP contribution in [0.5, 0.6) is 5.88 Å². The Balaban J connectivity index is 3.24. The lowest BCUT2D eigenvalue weighted by Crippen LogP contribution is -2.39. The molecule has 0 N–H and O–H groups in total. The Hall–Kier alpha value is -0.613. The van der Waals surface area contributed by atoms with Crippen LogP contribution < -0.4 is 9.92 Å². The first-order valence-corrected chi connectivity index (χ1v) is 7.90. The van der Waals surface area contributed by atoms with E-state index in [1.165, 1.54) is 0 Å². The highest BCUT2D eigenvalue weighted by Gasteiger charge is 2.22. The molecule has 1 heterocycles. The third-order valence-corrected chi connectivity index (χ3v) is 3.89. The van der Waals surface area contributed by atoms with Gasteiger partial charge in [0.15, 0.2) is 5.15 Å². The largest absolute Gasteiger partial charge is 0.480 e. The molecule has 1 aromatic rings. The highest BCUT2D eigenvalue weighted by atomic mass is 35.5. The maximum absolute atomic E-state index is 5.77. The van der Waals surface area contributed by atoms with E-state index in [0.29, 0.717) is 11.0 Å². The van der Waals surface area contributed by atoms with Crippen LogP contribution in [-0.4, -0.2) is 25.4 Å². The summed E-state index contributed by atoms with van der Waals surface area (Å²) in [6.45, 7) is 6.63. The van der Waals surface area contributed by atoms with Crippen LogP contribution in [0.3, 0.4) is 0 Å². The highest BCUT2D eigenvalue weighted by molar-refractivity contribution is 6.89. The van der Waals surface area contributed by atoms with Crippen molar-refractivity contribution in [3.05, 3.63) is 11.2 Å². The number of nitrogens with zero attached hydrogens (tertiary/aromatic N) is 2. The summed E-state index contributed by atoms with van der Waals surface area (Å²) in [7, 11) is 0.157. The normalized spacial score (nSPS) is 11.5. The van der Waals surface area contributed by atoms with Crippen LogP contribution in [0.25, 0.3) is 0 Å². The first-order valence-electron chi connectivity index (χ1n) is 4.03. The zero-order chi connectivity index (χ0) is 10.1. The molecular formula is C8H13ClN2OSi.